The number of anilines is 1. The van der Waals surface area contributed by atoms with Crippen molar-refractivity contribution >= 4 is 16.9 Å². The highest BCUT2D eigenvalue weighted by atomic mass is 19.1. The molecule has 0 saturated heterocycles. The zero-order valence-corrected chi connectivity index (χ0v) is 20.6. The maximum Gasteiger partial charge on any atom is 0.220 e. The number of rotatable bonds is 6. The van der Waals surface area contributed by atoms with Crippen LogP contribution in [0.4, 0.5) is 10.3 Å². The fourth-order valence-electron chi connectivity index (χ4n) is 5.63. The van der Waals surface area contributed by atoms with Crippen LogP contribution in [0.15, 0.2) is 91.1 Å². The molecular formula is C31H27FN4O. The van der Waals surface area contributed by atoms with E-state index in [4.69, 9.17) is 10.5 Å². The minimum absolute atomic E-state index is 0.139. The summed E-state index contributed by atoms with van der Waals surface area (Å²) in [5.41, 5.74) is 11.6. The van der Waals surface area contributed by atoms with Crippen molar-refractivity contribution in [1.29, 1.82) is 0 Å². The summed E-state index contributed by atoms with van der Waals surface area (Å²) in [6.07, 6.45) is 3.77. The van der Waals surface area contributed by atoms with Crippen molar-refractivity contribution in [3.8, 4) is 17.0 Å². The summed E-state index contributed by atoms with van der Waals surface area (Å²) >= 11 is 0. The van der Waals surface area contributed by atoms with E-state index in [1.165, 1.54) is 23.3 Å². The first-order valence-corrected chi connectivity index (χ1v) is 12.5. The Bertz CT molecular complexity index is 1580. The zero-order chi connectivity index (χ0) is 25.4. The number of pyridine rings is 1. The zero-order valence-electron chi connectivity index (χ0n) is 20.6. The van der Waals surface area contributed by atoms with Crippen LogP contribution in [-0.2, 0) is 12.0 Å². The van der Waals surface area contributed by atoms with Crippen molar-refractivity contribution in [2.75, 3.05) is 5.73 Å². The van der Waals surface area contributed by atoms with Crippen molar-refractivity contribution in [2.24, 2.45) is 5.92 Å². The minimum atomic E-state index is -0.269. The monoisotopic (exact) mass is 490 g/mol. The van der Waals surface area contributed by atoms with Gasteiger partial charge in [-0.1, -0.05) is 43.3 Å². The minimum Gasteiger partial charge on any atom is -0.487 e. The molecule has 5 aromatic rings. The molecule has 1 aliphatic rings. The number of nitrogens with zero attached hydrogens (tertiary/aromatic N) is 3. The number of ether oxygens (including phenoxy) is 1. The molecule has 6 heteroatoms. The normalized spacial score (nSPS) is 18.9. The Morgan fingerprint density at radius 3 is 2.57 bits per heavy atom. The molecule has 0 atom stereocenters. The molecule has 2 N–H and O–H groups in total. The Balaban J connectivity index is 1.39. The maximum atomic E-state index is 13.5. The first kappa shape index (κ1) is 23.1. The third-order valence-electron chi connectivity index (χ3n) is 7.27. The van der Waals surface area contributed by atoms with Gasteiger partial charge < -0.3 is 10.5 Å². The molecule has 0 aliphatic heterocycles. The SMILES string of the molecule is CC1CC(c2ccccc2)(c2cc(OCc3ccc4cc(F)ccc4n3)ccc2-c2ccnc(N)n2)C1. The van der Waals surface area contributed by atoms with Gasteiger partial charge in [0, 0.05) is 22.6 Å². The summed E-state index contributed by atoms with van der Waals surface area (Å²) in [4.78, 5) is 13.3. The van der Waals surface area contributed by atoms with E-state index in [-0.39, 0.29) is 17.2 Å². The Kier molecular flexibility index (Phi) is 5.80. The summed E-state index contributed by atoms with van der Waals surface area (Å²) < 4.78 is 19.8. The number of fused-ring (bicyclic) bond motifs is 1. The highest BCUT2D eigenvalue weighted by molar-refractivity contribution is 5.78. The second-order valence-electron chi connectivity index (χ2n) is 9.90. The van der Waals surface area contributed by atoms with Crippen LogP contribution >= 0.6 is 0 Å². The van der Waals surface area contributed by atoms with Gasteiger partial charge in [-0.25, -0.2) is 19.3 Å². The molecular weight excluding hydrogens is 463 g/mol. The first-order valence-electron chi connectivity index (χ1n) is 12.5. The van der Waals surface area contributed by atoms with Crippen molar-refractivity contribution in [1.82, 2.24) is 15.0 Å². The first-order chi connectivity index (χ1) is 18.0. The number of aromatic nitrogens is 3. The molecule has 1 aliphatic carbocycles. The standard InChI is InChI=1S/C31H27FN4O/c1-20-17-31(18-20,22-5-3-2-4-6-22)27-16-25(10-11-26(27)29-13-14-34-30(33)36-29)37-19-24-9-7-21-15-23(32)8-12-28(21)35-24/h2-16,20H,17-19H2,1H3,(H2,33,34,36). The van der Waals surface area contributed by atoms with Gasteiger partial charge >= 0.3 is 0 Å². The molecule has 0 spiro atoms. The van der Waals surface area contributed by atoms with E-state index in [1.807, 2.05) is 24.3 Å². The lowest BCUT2D eigenvalue weighted by molar-refractivity contribution is 0.200. The molecule has 0 bridgehead atoms. The lowest BCUT2D eigenvalue weighted by atomic mass is 9.55. The molecule has 0 amide bonds. The van der Waals surface area contributed by atoms with Crippen molar-refractivity contribution < 1.29 is 9.13 Å². The summed E-state index contributed by atoms with van der Waals surface area (Å²) in [7, 11) is 0. The van der Waals surface area contributed by atoms with E-state index in [0.29, 0.717) is 12.5 Å². The molecule has 2 aromatic heterocycles. The predicted octanol–water partition coefficient (Wildman–Crippen LogP) is 6.71. The molecule has 3 aromatic carbocycles. The summed E-state index contributed by atoms with van der Waals surface area (Å²) in [6, 6.07) is 27.1. The highest BCUT2D eigenvalue weighted by Crippen LogP contribution is 2.55. The smallest absolute Gasteiger partial charge is 0.220 e. The van der Waals surface area contributed by atoms with Crippen molar-refractivity contribution in [3.63, 3.8) is 0 Å². The van der Waals surface area contributed by atoms with Crippen LogP contribution in [0.2, 0.25) is 0 Å². The van der Waals surface area contributed by atoms with Gasteiger partial charge in [0.25, 0.3) is 0 Å². The third kappa shape index (κ3) is 4.40. The van der Waals surface area contributed by atoms with E-state index in [9.17, 15) is 4.39 Å². The Morgan fingerprint density at radius 2 is 1.78 bits per heavy atom. The predicted molar refractivity (Wildman–Crippen MR) is 144 cm³/mol. The number of nitrogen functional groups attached to an aromatic ring is 1. The number of halogens is 1. The highest BCUT2D eigenvalue weighted by Gasteiger charge is 2.46. The van der Waals surface area contributed by atoms with Gasteiger partial charge in [0.15, 0.2) is 0 Å². The summed E-state index contributed by atoms with van der Waals surface area (Å²) in [5.74, 6) is 1.35. The second kappa shape index (κ2) is 9.28. The molecule has 6 rings (SSSR count). The van der Waals surface area contributed by atoms with Crippen LogP contribution in [0.3, 0.4) is 0 Å². The second-order valence-corrected chi connectivity index (χ2v) is 9.90. The van der Waals surface area contributed by atoms with Crippen LogP contribution in [0.25, 0.3) is 22.2 Å². The summed E-state index contributed by atoms with van der Waals surface area (Å²) in [5, 5.41) is 0.767. The molecule has 2 heterocycles. The number of hydrogen-bond acceptors (Lipinski definition) is 5. The molecule has 5 nitrogen and oxygen atoms in total. The number of nitrogens with two attached hydrogens (primary N) is 1. The van der Waals surface area contributed by atoms with E-state index in [1.54, 1.807) is 12.3 Å². The van der Waals surface area contributed by atoms with Gasteiger partial charge in [-0.15, -0.1) is 0 Å². The van der Waals surface area contributed by atoms with Crippen LogP contribution in [0.1, 0.15) is 36.6 Å². The number of hydrogen-bond donors (Lipinski definition) is 1. The van der Waals surface area contributed by atoms with Crippen LogP contribution < -0.4 is 10.5 Å². The van der Waals surface area contributed by atoms with E-state index in [0.717, 1.165) is 46.4 Å². The Labute approximate surface area is 215 Å². The maximum absolute atomic E-state index is 13.5. The Hall–Kier alpha value is -4.32. The molecule has 184 valence electrons. The Morgan fingerprint density at radius 1 is 0.946 bits per heavy atom. The lowest BCUT2D eigenvalue weighted by Gasteiger charge is -2.48. The van der Waals surface area contributed by atoms with Gasteiger partial charge in [-0.2, -0.15) is 0 Å². The number of benzene rings is 3. The summed E-state index contributed by atoms with van der Waals surface area (Å²) in [6.45, 7) is 2.60. The largest absolute Gasteiger partial charge is 0.487 e. The molecule has 1 fully saturated rings. The topological polar surface area (TPSA) is 73.9 Å². The molecule has 0 radical (unpaired) electrons. The quantitative estimate of drug-likeness (QED) is 0.286. The lowest BCUT2D eigenvalue weighted by Crippen LogP contribution is -2.41. The molecule has 0 unspecified atom stereocenters. The van der Waals surface area contributed by atoms with E-state index in [2.05, 4.69) is 64.3 Å². The van der Waals surface area contributed by atoms with E-state index >= 15 is 0 Å². The van der Waals surface area contributed by atoms with E-state index < -0.39 is 0 Å². The van der Waals surface area contributed by atoms with Crippen LogP contribution in [0, 0.1) is 11.7 Å². The van der Waals surface area contributed by atoms with Gasteiger partial charge in [0.1, 0.15) is 18.2 Å². The van der Waals surface area contributed by atoms with Crippen LogP contribution in [0.5, 0.6) is 5.75 Å². The average Bonchev–Trinajstić information content (AvgIpc) is 2.90. The van der Waals surface area contributed by atoms with Gasteiger partial charge in [-0.05, 0) is 78.4 Å². The van der Waals surface area contributed by atoms with Gasteiger partial charge in [-0.3, -0.25) is 0 Å². The third-order valence-corrected chi connectivity index (χ3v) is 7.27. The fraction of sp³-hybridized carbons (Fsp3) is 0.194. The average molecular weight is 491 g/mol. The van der Waals surface area contributed by atoms with Gasteiger partial charge in [0.2, 0.25) is 5.95 Å². The molecule has 1 saturated carbocycles. The fourth-order valence-corrected chi connectivity index (χ4v) is 5.63. The van der Waals surface area contributed by atoms with Crippen molar-refractivity contribution in [2.45, 2.75) is 31.8 Å². The van der Waals surface area contributed by atoms with Gasteiger partial charge in [0.05, 0.1) is 16.9 Å². The van der Waals surface area contributed by atoms with Crippen molar-refractivity contribution in [3.05, 3.63) is 114 Å². The molecule has 37 heavy (non-hydrogen) atoms. The van der Waals surface area contributed by atoms with Crippen LogP contribution in [-0.4, -0.2) is 15.0 Å².